The van der Waals surface area contributed by atoms with Crippen LogP contribution in [0.3, 0.4) is 0 Å². The van der Waals surface area contributed by atoms with Crippen molar-refractivity contribution in [2.45, 2.75) is 66.0 Å². The molecule has 1 aromatic heterocycles. The van der Waals surface area contributed by atoms with Crippen LogP contribution in [0.15, 0.2) is 12.3 Å². The van der Waals surface area contributed by atoms with Crippen LogP contribution < -0.4 is 5.32 Å². The van der Waals surface area contributed by atoms with Gasteiger partial charge < -0.3 is 10.2 Å². The third-order valence-electron chi connectivity index (χ3n) is 4.02. The first-order valence-electron chi connectivity index (χ1n) is 8.60. The van der Waals surface area contributed by atoms with Crippen LogP contribution in [0.2, 0.25) is 0 Å². The lowest BCUT2D eigenvalue weighted by Gasteiger charge is -2.23. The van der Waals surface area contributed by atoms with Gasteiger partial charge >= 0.3 is 0 Å². The summed E-state index contributed by atoms with van der Waals surface area (Å²) in [4.78, 5) is 2.49. The standard InChI is InChI=1S/C17H34N4/c1-6-11-18-16(9-12-20(7-2)8-3)14-17-10-13-21(19-17)15(4)5/h10,13,15-16,18H,6-9,11-12,14H2,1-5H3. The Bertz CT molecular complexity index is 369. The van der Waals surface area contributed by atoms with E-state index in [0.29, 0.717) is 12.1 Å². The number of hydrogen-bond acceptors (Lipinski definition) is 3. The fourth-order valence-corrected chi connectivity index (χ4v) is 2.53. The predicted molar refractivity (Wildman–Crippen MR) is 90.8 cm³/mol. The van der Waals surface area contributed by atoms with Crippen molar-refractivity contribution >= 4 is 0 Å². The van der Waals surface area contributed by atoms with Crippen molar-refractivity contribution in [2.24, 2.45) is 0 Å². The fraction of sp³-hybridized carbons (Fsp3) is 0.824. The van der Waals surface area contributed by atoms with Gasteiger partial charge in [0, 0.05) is 24.7 Å². The summed E-state index contributed by atoms with van der Waals surface area (Å²) in [5, 5.41) is 8.37. The Kier molecular flexibility index (Phi) is 8.62. The summed E-state index contributed by atoms with van der Waals surface area (Å²) >= 11 is 0. The molecular formula is C17H34N4. The molecule has 0 amide bonds. The summed E-state index contributed by atoms with van der Waals surface area (Å²) < 4.78 is 2.05. The molecule has 122 valence electrons. The Morgan fingerprint density at radius 2 is 1.95 bits per heavy atom. The van der Waals surface area contributed by atoms with E-state index >= 15 is 0 Å². The van der Waals surface area contributed by atoms with E-state index in [-0.39, 0.29) is 0 Å². The third kappa shape index (κ3) is 6.62. The van der Waals surface area contributed by atoms with Gasteiger partial charge in [0.05, 0.1) is 5.69 Å². The van der Waals surface area contributed by atoms with Crippen LogP contribution in [0.25, 0.3) is 0 Å². The molecule has 0 fully saturated rings. The second-order valence-corrected chi connectivity index (χ2v) is 6.05. The van der Waals surface area contributed by atoms with Crippen LogP contribution >= 0.6 is 0 Å². The summed E-state index contributed by atoms with van der Waals surface area (Å²) in [7, 11) is 0. The maximum absolute atomic E-state index is 4.69. The molecule has 0 spiro atoms. The van der Waals surface area contributed by atoms with Gasteiger partial charge in [-0.25, -0.2) is 0 Å². The van der Waals surface area contributed by atoms with E-state index in [9.17, 15) is 0 Å². The Hall–Kier alpha value is -0.870. The molecule has 1 aromatic rings. The highest BCUT2D eigenvalue weighted by atomic mass is 15.3. The molecule has 0 saturated heterocycles. The van der Waals surface area contributed by atoms with Crippen molar-refractivity contribution in [2.75, 3.05) is 26.2 Å². The van der Waals surface area contributed by atoms with E-state index in [1.54, 1.807) is 0 Å². The van der Waals surface area contributed by atoms with Crippen LogP contribution in [0.5, 0.6) is 0 Å². The van der Waals surface area contributed by atoms with Crippen LogP contribution in [-0.2, 0) is 6.42 Å². The molecule has 0 aliphatic carbocycles. The van der Waals surface area contributed by atoms with E-state index < -0.39 is 0 Å². The lowest BCUT2D eigenvalue weighted by Crippen LogP contribution is -2.36. The largest absolute Gasteiger partial charge is 0.314 e. The van der Waals surface area contributed by atoms with Gasteiger partial charge in [-0.3, -0.25) is 4.68 Å². The molecule has 0 aromatic carbocycles. The number of nitrogens with zero attached hydrogens (tertiary/aromatic N) is 3. The maximum Gasteiger partial charge on any atom is 0.0640 e. The van der Waals surface area contributed by atoms with Crippen molar-refractivity contribution in [1.82, 2.24) is 20.0 Å². The Morgan fingerprint density at radius 3 is 2.48 bits per heavy atom. The van der Waals surface area contributed by atoms with Gasteiger partial charge in [-0.15, -0.1) is 0 Å². The maximum atomic E-state index is 4.69. The highest BCUT2D eigenvalue weighted by molar-refractivity contribution is 5.02. The third-order valence-corrected chi connectivity index (χ3v) is 4.02. The number of aromatic nitrogens is 2. The fourth-order valence-electron chi connectivity index (χ4n) is 2.53. The summed E-state index contributed by atoms with van der Waals surface area (Å²) in [6.07, 6.45) is 5.50. The zero-order chi connectivity index (χ0) is 15.7. The molecule has 1 N–H and O–H groups in total. The van der Waals surface area contributed by atoms with E-state index in [1.165, 1.54) is 25.1 Å². The first-order chi connectivity index (χ1) is 10.1. The molecule has 1 atom stereocenters. The molecule has 0 radical (unpaired) electrons. The Morgan fingerprint density at radius 1 is 1.24 bits per heavy atom. The van der Waals surface area contributed by atoms with E-state index in [1.807, 2.05) is 0 Å². The molecule has 4 heteroatoms. The minimum absolute atomic E-state index is 0.441. The predicted octanol–water partition coefficient (Wildman–Crippen LogP) is 3.11. The highest BCUT2D eigenvalue weighted by Crippen LogP contribution is 2.09. The smallest absolute Gasteiger partial charge is 0.0640 e. The van der Waals surface area contributed by atoms with Crippen LogP contribution in [0.4, 0.5) is 0 Å². The van der Waals surface area contributed by atoms with Crippen molar-refractivity contribution in [3.8, 4) is 0 Å². The monoisotopic (exact) mass is 294 g/mol. The molecule has 21 heavy (non-hydrogen) atoms. The van der Waals surface area contributed by atoms with E-state index in [2.05, 4.69) is 66.9 Å². The van der Waals surface area contributed by atoms with Crippen LogP contribution in [0, 0.1) is 0 Å². The summed E-state index contributed by atoms with van der Waals surface area (Å²) in [5.74, 6) is 0. The lowest BCUT2D eigenvalue weighted by molar-refractivity contribution is 0.279. The van der Waals surface area contributed by atoms with Crippen molar-refractivity contribution in [3.63, 3.8) is 0 Å². The van der Waals surface area contributed by atoms with Gasteiger partial charge in [0.1, 0.15) is 0 Å². The summed E-state index contributed by atoms with van der Waals surface area (Å²) in [5.41, 5.74) is 1.21. The van der Waals surface area contributed by atoms with Crippen molar-refractivity contribution in [1.29, 1.82) is 0 Å². The molecule has 1 heterocycles. The first kappa shape index (κ1) is 18.2. The second-order valence-electron chi connectivity index (χ2n) is 6.05. The molecule has 0 saturated carbocycles. The zero-order valence-corrected chi connectivity index (χ0v) is 14.6. The minimum atomic E-state index is 0.441. The number of rotatable bonds is 11. The number of hydrogen-bond donors (Lipinski definition) is 1. The van der Waals surface area contributed by atoms with Gasteiger partial charge in [0.15, 0.2) is 0 Å². The average Bonchev–Trinajstić information content (AvgIpc) is 2.94. The molecule has 0 bridgehead atoms. The minimum Gasteiger partial charge on any atom is -0.314 e. The van der Waals surface area contributed by atoms with Crippen LogP contribution in [-0.4, -0.2) is 46.9 Å². The molecule has 0 aliphatic rings. The van der Waals surface area contributed by atoms with Gasteiger partial charge in [-0.1, -0.05) is 20.8 Å². The molecular weight excluding hydrogens is 260 g/mol. The van der Waals surface area contributed by atoms with Gasteiger partial charge in [0.25, 0.3) is 0 Å². The van der Waals surface area contributed by atoms with Gasteiger partial charge in [-0.2, -0.15) is 5.10 Å². The van der Waals surface area contributed by atoms with Gasteiger partial charge in [0.2, 0.25) is 0 Å². The number of nitrogens with one attached hydrogen (secondary N) is 1. The van der Waals surface area contributed by atoms with Gasteiger partial charge in [-0.05, 0) is 58.9 Å². The van der Waals surface area contributed by atoms with E-state index in [4.69, 9.17) is 0 Å². The summed E-state index contributed by atoms with van der Waals surface area (Å²) in [6.45, 7) is 15.6. The topological polar surface area (TPSA) is 33.1 Å². The van der Waals surface area contributed by atoms with Crippen molar-refractivity contribution < 1.29 is 0 Å². The van der Waals surface area contributed by atoms with Crippen molar-refractivity contribution in [3.05, 3.63) is 18.0 Å². The zero-order valence-electron chi connectivity index (χ0n) is 14.6. The lowest BCUT2D eigenvalue weighted by atomic mass is 10.1. The average molecular weight is 294 g/mol. The molecule has 1 rings (SSSR count). The highest BCUT2D eigenvalue weighted by Gasteiger charge is 2.13. The molecule has 4 nitrogen and oxygen atoms in total. The molecule has 0 aliphatic heterocycles. The summed E-state index contributed by atoms with van der Waals surface area (Å²) in [6, 6.07) is 3.13. The first-order valence-corrected chi connectivity index (χ1v) is 8.60. The SMILES string of the molecule is CCCNC(CCN(CC)CC)Cc1ccn(C(C)C)n1. The molecule has 1 unspecified atom stereocenters. The quantitative estimate of drug-likeness (QED) is 0.681. The second kappa shape index (κ2) is 9.96. The Labute approximate surface area is 130 Å². The normalized spacial score (nSPS) is 13.3. The van der Waals surface area contributed by atoms with E-state index in [0.717, 1.165) is 26.1 Å². The Balaban J connectivity index is 2.55. The van der Waals surface area contributed by atoms with Crippen LogP contribution in [0.1, 0.15) is 59.2 Å².